The SMILES string of the molecule is C=C1[C@@H]2c3c(C(F)F)nn(CC(N)=O)c3C(F)(F)[C@H]12. The van der Waals surface area contributed by atoms with Gasteiger partial charge in [-0.25, -0.2) is 8.78 Å². The molecule has 0 spiro atoms. The molecule has 102 valence electrons. The Labute approximate surface area is 104 Å². The minimum atomic E-state index is -3.33. The summed E-state index contributed by atoms with van der Waals surface area (Å²) < 4.78 is 54.5. The van der Waals surface area contributed by atoms with Gasteiger partial charge >= 0.3 is 0 Å². The molecule has 19 heavy (non-hydrogen) atoms. The maximum atomic E-state index is 14.1. The van der Waals surface area contributed by atoms with Crippen molar-refractivity contribution in [2.45, 2.75) is 24.8 Å². The molecular formula is C11H9F4N3O. The molecule has 2 aliphatic rings. The number of halogens is 4. The van der Waals surface area contributed by atoms with Crippen molar-refractivity contribution < 1.29 is 22.4 Å². The Hall–Kier alpha value is -1.86. The summed E-state index contributed by atoms with van der Waals surface area (Å²) in [6.07, 6.45) is -2.98. The second-order valence-corrected chi connectivity index (χ2v) is 4.73. The fourth-order valence-electron chi connectivity index (χ4n) is 2.83. The number of allylic oxidation sites excluding steroid dienone is 1. The molecule has 8 heteroatoms. The molecule has 1 amide bonds. The number of carbonyl (C=O) groups excluding carboxylic acids is 1. The first-order valence-corrected chi connectivity index (χ1v) is 5.50. The van der Waals surface area contributed by atoms with Gasteiger partial charge in [0.1, 0.15) is 17.9 Å². The topological polar surface area (TPSA) is 60.9 Å². The van der Waals surface area contributed by atoms with Gasteiger partial charge in [0.25, 0.3) is 12.3 Å². The zero-order valence-electron chi connectivity index (χ0n) is 9.54. The van der Waals surface area contributed by atoms with Crippen LogP contribution in [0.25, 0.3) is 0 Å². The normalized spacial score (nSPS) is 26.5. The molecule has 4 nitrogen and oxygen atoms in total. The molecule has 0 unspecified atom stereocenters. The van der Waals surface area contributed by atoms with Gasteiger partial charge in [0.05, 0.1) is 5.92 Å². The van der Waals surface area contributed by atoms with Crippen LogP contribution in [0.2, 0.25) is 0 Å². The Balaban J connectivity index is 2.20. The lowest BCUT2D eigenvalue weighted by molar-refractivity contribution is -0.119. The largest absolute Gasteiger partial charge is 0.368 e. The predicted octanol–water partition coefficient (Wildman–Crippen LogP) is 1.68. The molecule has 1 aromatic rings. The highest BCUT2D eigenvalue weighted by Gasteiger charge is 2.69. The van der Waals surface area contributed by atoms with Crippen molar-refractivity contribution in [1.82, 2.24) is 9.78 Å². The molecule has 1 fully saturated rings. The molecule has 2 atom stereocenters. The van der Waals surface area contributed by atoms with Gasteiger partial charge < -0.3 is 5.73 Å². The molecule has 0 saturated heterocycles. The lowest BCUT2D eigenvalue weighted by atomic mass is 10.1. The Morgan fingerprint density at radius 1 is 1.53 bits per heavy atom. The highest BCUT2D eigenvalue weighted by atomic mass is 19.3. The van der Waals surface area contributed by atoms with E-state index in [1.54, 1.807) is 0 Å². The number of nitrogens with zero attached hydrogens (tertiary/aromatic N) is 2. The second kappa shape index (κ2) is 3.37. The number of aromatic nitrogens is 2. The van der Waals surface area contributed by atoms with Crippen molar-refractivity contribution >= 4 is 5.91 Å². The van der Waals surface area contributed by atoms with Gasteiger partial charge in [0.15, 0.2) is 0 Å². The number of alkyl halides is 4. The first kappa shape index (κ1) is 12.2. The van der Waals surface area contributed by atoms with E-state index in [9.17, 15) is 22.4 Å². The zero-order valence-corrected chi connectivity index (χ0v) is 9.54. The fourth-order valence-corrected chi connectivity index (χ4v) is 2.83. The average molecular weight is 275 g/mol. The fraction of sp³-hybridized carbons (Fsp3) is 0.455. The molecule has 0 bridgehead atoms. The first-order chi connectivity index (χ1) is 8.76. The quantitative estimate of drug-likeness (QED) is 0.674. The van der Waals surface area contributed by atoms with Gasteiger partial charge in [-0.15, -0.1) is 0 Å². The molecule has 1 heterocycles. The molecular weight excluding hydrogens is 266 g/mol. The number of fused-ring (bicyclic) bond motifs is 3. The minimum absolute atomic E-state index is 0.184. The lowest BCUT2D eigenvalue weighted by Crippen LogP contribution is -2.26. The minimum Gasteiger partial charge on any atom is -0.368 e. The van der Waals surface area contributed by atoms with Crippen LogP contribution in [0.4, 0.5) is 17.6 Å². The van der Waals surface area contributed by atoms with Crippen molar-refractivity contribution in [3.63, 3.8) is 0 Å². The van der Waals surface area contributed by atoms with Gasteiger partial charge in [-0.2, -0.15) is 13.9 Å². The van der Waals surface area contributed by atoms with E-state index in [4.69, 9.17) is 5.73 Å². The number of hydrogen-bond donors (Lipinski definition) is 1. The Kier molecular flexibility index (Phi) is 2.16. The van der Waals surface area contributed by atoms with Gasteiger partial charge in [-0.3, -0.25) is 9.48 Å². The van der Waals surface area contributed by atoms with Crippen molar-refractivity contribution in [2.24, 2.45) is 11.7 Å². The van der Waals surface area contributed by atoms with Crippen molar-refractivity contribution in [3.05, 3.63) is 29.1 Å². The van der Waals surface area contributed by atoms with Crippen LogP contribution in [-0.2, 0) is 17.3 Å². The molecule has 1 aromatic heterocycles. The third-order valence-electron chi connectivity index (χ3n) is 3.57. The number of amides is 1. The number of nitrogens with two attached hydrogens (primary N) is 1. The van der Waals surface area contributed by atoms with Crippen molar-refractivity contribution in [3.8, 4) is 0 Å². The van der Waals surface area contributed by atoms with Crippen LogP contribution >= 0.6 is 0 Å². The van der Waals surface area contributed by atoms with Gasteiger partial charge in [0, 0.05) is 11.5 Å². The van der Waals surface area contributed by atoms with Gasteiger partial charge in [-0.05, 0) is 0 Å². The third-order valence-corrected chi connectivity index (χ3v) is 3.57. The Bertz CT molecular complexity index is 607. The standard InChI is InChI=1S/C11H9F4N3O/c1-3-5-6-8(10(12)13)17-18(2-4(16)19)9(6)11(14,15)7(3)5/h5,7,10H,1-2H2,(H2,16,19)/t5-,7-/m1/s1. The van der Waals surface area contributed by atoms with Crippen molar-refractivity contribution in [1.29, 1.82) is 0 Å². The molecule has 2 N–H and O–H groups in total. The van der Waals surface area contributed by atoms with Crippen LogP contribution in [0.15, 0.2) is 12.2 Å². The van der Waals surface area contributed by atoms with Gasteiger partial charge in [0.2, 0.25) is 5.91 Å². The second-order valence-electron chi connectivity index (χ2n) is 4.73. The maximum Gasteiger partial charge on any atom is 0.297 e. The van der Waals surface area contributed by atoms with E-state index in [1.807, 2.05) is 0 Å². The Morgan fingerprint density at radius 2 is 2.16 bits per heavy atom. The highest BCUT2D eigenvalue weighted by Crippen LogP contribution is 2.70. The molecule has 1 saturated carbocycles. The number of primary amides is 1. The summed E-state index contributed by atoms with van der Waals surface area (Å²) in [5.41, 5.74) is 3.64. The van der Waals surface area contributed by atoms with Gasteiger partial charge in [-0.1, -0.05) is 12.2 Å². The summed E-state index contributed by atoms with van der Waals surface area (Å²) >= 11 is 0. The van der Waals surface area contributed by atoms with E-state index in [-0.39, 0.29) is 11.1 Å². The van der Waals surface area contributed by atoms with E-state index in [0.717, 1.165) is 0 Å². The maximum absolute atomic E-state index is 14.1. The highest BCUT2D eigenvalue weighted by molar-refractivity contribution is 5.74. The monoisotopic (exact) mass is 275 g/mol. The van der Waals surface area contributed by atoms with Crippen LogP contribution < -0.4 is 5.73 Å². The predicted molar refractivity (Wildman–Crippen MR) is 55.6 cm³/mol. The summed E-state index contributed by atoms with van der Waals surface area (Å²) in [6, 6.07) is 0. The van der Waals surface area contributed by atoms with Crippen LogP contribution in [0.5, 0.6) is 0 Å². The molecule has 0 radical (unpaired) electrons. The zero-order chi connectivity index (χ0) is 14.1. The van der Waals surface area contributed by atoms with Crippen LogP contribution in [-0.4, -0.2) is 15.7 Å². The molecule has 3 rings (SSSR count). The summed E-state index contributed by atoms with van der Waals surface area (Å²) in [4.78, 5) is 10.8. The van der Waals surface area contributed by atoms with E-state index in [1.165, 1.54) is 0 Å². The first-order valence-electron chi connectivity index (χ1n) is 5.50. The number of hydrogen-bond acceptors (Lipinski definition) is 2. The van der Waals surface area contributed by atoms with Crippen LogP contribution in [0, 0.1) is 5.92 Å². The molecule has 0 aliphatic heterocycles. The van der Waals surface area contributed by atoms with E-state index >= 15 is 0 Å². The van der Waals surface area contributed by atoms with E-state index in [0.29, 0.717) is 4.68 Å². The van der Waals surface area contributed by atoms with Crippen LogP contribution in [0.3, 0.4) is 0 Å². The van der Waals surface area contributed by atoms with Crippen LogP contribution in [0.1, 0.15) is 29.3 Å². The van der Waals surface area contributed by atoms with E-state index in [2.05, 4.69) is 11.7 Å². The summed E-state index contributed by atoms with van der Waals surface area (Å²) in [5.74, 6) is -6.18. The summed E-state index contributed by atoms with van der Waals surface area (Å²) in [5, 5.41) is 3.42. The van der Waals surface area contributed by atoms with Crippen molar-refractivity contribution in [2.75, 3.05) is 0 Å². The molecule has 2 aliphatic carbocycles. The lowest BCUT2D eigenvalue weighted by Gasteiger charge is -2.14. The third kappa shape index (κ3) is 1.39. The summed E-state index contributed by atoms with van der Waals surface area (Å²) in [7, 11) is 0. The Morgan fingerprint density at radius 3 is 2.68 bits per heavy atom. The number of carbonyl (C=O) groups is 1. The molecule has 0 aromatic carbocycles. The van der Waals surface area contributed by atoms with E-state index < -0.39 is 48.0 Å². The number of rotatable bonds is 3. The smallest absolute Gasteiger partial charge is 0.297 e. The summed E-state index contributed by atoms with van der Waals surface area (Å²) in [6.45, 7) is 2.82. The average Bonchev–Trinajstić information content (AvgIpc) is 2.67.